The van der Waals surface area contributed by atoms with Crippen LogP contribution in [0, 0.1) is 10.8 Å². The number of carbonyl (C=O) groups is 2. The molecule has 2 saturated heterocycles. The van der Waals surface area contributed by atoms with Gasteiger partial charge in [-0.05, 0) is 64.6 Å². The predicted octanol–water partition coefficient (Wildman–Crippen LogP) is 1.57. The summed E-state index contributed by atoms with van der Waals surface area (Å²) in [7, 11) is 1.71. The van der Waals surface area contributed by atoms with Crippen molar-refractivity contribution >= 4 is 29.4 Å². The first-order valence-corrected chi connectivity index (χ1v) is 15.8. The highest BCUT2D eigenvalue weighted by Crippen LogP contribution is 2.43. The second-order valence-electron chi connectivity index (χ2n) is 12.4. The standard InChI is InChI=1S/C32H50N10O3/c1-6-26(43)41-17-15-40(16-18-41)25-21-24(36-31(37-25)42-12-8-11-39(13-14-42)19-20-45-5)29(35)38-30(44)32(4)10-7-9-22(2)27(32)28(34)23(3)33/h6,21H,1,7-20,33-34H2,2-5H3,(H2,35,38,44)/b28-23-/t32-/m0/s1. The summed E-state index contributed by atoms with van der Waals surface area (Å²) in [6.07, 6.45) is 4.54. The van der Waals surface area contributed by atoms with Crippen molar-refractivity contribution in [3.63, 3.8) is 0 Å². The van der Waals surface area contributed by atoms with Crippen molar-refractivity contribution in [1.82, 2.24) is 25.1 Å². The molecule has 2 amide bonds. The molecule has 45 heavy (non-hydrogen) atoms. The molecule has 4 rings (SSSR count). The summed E-state index contributed by atoms with van der Waals surface area (Å²) >= 11 is 0. The van der Waals surface area contributed by atoms with E-state index in [0.29, 0.717) is 68.1 Å². The van der Waals surface area contributed by atoms with Crippen molar-refractivity contribution in [1.29, 1.82) is 5.41 Å². The minimum atomic E-state index is -0.942. The van der Waals surface area contributed by atoms with E-state index < -0.39 is 5.41 Å². The van der Waals surface area contributed by atoms with E-state index in [4.69, 9.17) is 31.6 Å². The zero-order valence-electron chi connectivity index (χ0n) is 27.3. The maximum atomic E-state index is 13.9. The molecule has 1 aliphatic carbocycles. The van der Waals surface area contributed by atoms with Gasteiger partial charge in [0.25, 0.3) is 0 Å². The third-order valence-corrected chi connectivity index (χ3v) is 9.17. The van der Waals surface area contributed by atoms with Crippen LogP contribution in [0.4, 0.5) is 11.8 Å². The molecule has 0 spiro atoms. The van der Waals surface area contributed by atoms with Gasteiger partial charge >= 0.3 is 0 Å². The van der Waals surface area contributed by atoms with Gasteiger partial charge in [0.05, 0.1) is 17.7 Å². The molecule has 0 aromatic carbocycles. The van der Waals surface area contributed by atoms with Gasteiger partial charge in [0.2, 0.25) is 17.8 Å². The molecule has 0 radical (unpaired) electrons. The number of hydrogen-bond acceptors (Lipinski definition) is 11. The third kappa shape index (κ3) is 7.82. The lowest BCUT2D eigenvalue weighted by molar-refractivity contribution is -0.127. The molecule has 0 saturated carbocycles. The summed E-state index contributed by atoms with van der Waals surface area (Å²) in [6.45, 7) is 16.3. The molecule has 6 N–H and O–H groups in total. The van der Waals surface area contributed by atoms with Crippen molar-refractivity contribution in [3.8, 4) is 0 Å². The zero-order chi connectivity index (χ0) is 32.7. The third-order valence-electron chi connectivity index (χ3n) is 9.17. The number of amides is 2. The molecule has 1 atom stereocenters. The van der Waals surface area contributed by atoms with Gasteiger partial charge in [0.1, 0.15) is 11.5 Å². The van der Waals surface area contributed by atoms with E-state index in [1.807, 2.05) is 13.8 Å². The van der Waals surface area contributed by atoms with E-state index in [-0.39, 0.29) is 17.6 Å². The summed E-state index contributed by atoms with van der Waals surface area (Å²) < 4.78 is 5.28. The number of nitrogens with one attached hydrogen (secondary N) is 2. The molecule has 246 valence electrons. The molecular weight excluding hydrogens is 572 g/mol. The summed E-state index contributed by atoms with van der Waals surface area (Å²) in [5.41, 5.74) is 14.6. The maximum Gasteiger partial charge on any atom is 0.246 e. The van der Waals surface area contributed by atoms with Crippen LogP contribution in [0.15, 0.2) is 41.3 Å². The van der Waals surface area contributed by atoms with E-state index in [0.717, 1.165) is 63.1 Å². The average Bonchev–Trinajstić information content (AvgIpc) is 3.28. The number of amidine groups is 1. The van der Waals surface area contributed by atoms with E-state index in [1.54, 1.807) is 25.0 Å². The zero-order valence-corrected chi connectivity index (χ0v) is 27.3. The first kappa shape index (κ1) is 33.9. The summed E-state index contributed by atoms with van der Waals surface area (Å²) in [5.74, 6) is 0.675. The Labute approximate surface area is 266 Å². The van der Waals surface area contributed by atoms with Crippen molar-refractivity contribution < 1.29 is 14.3 Å². The Hall–Kier alpha value is -3.97. The fourth-order valence-corrected chi connectivity index (χ4v) is 6.45. The van der Waals surface area contributed by atoms with E-state index in [9.17, 15) is 9.59 Å². The van der Waals surface area contributed by atoms with Crippen LogP contribution in [0.3, 0.4) is 0 Å². The molecule has 3 aliphatic rings. The molecule has 3 heterocycles. The van der Waals surface area contributed by atoms with Crippen LogP contribution in [0.2, 0.25) is 0 Å². The van der Waals surface area contributed by atoms with Crippen LogP contribution in [-0.2, 0) is 14.3 Å². The van der Waals surface area contributed by atoms with Gasteiger partial charge in [-0.15, -0.1) is 0 Å². The number of carbonyl (C=O) groups excluding carboxylic acids is 2. The van der Waals surface area contributed by atoms with Crippen LogP contribution in [0.1, 0.15) is 52.1 Å². The Kier molecular flexibility index (Phi) is 11.2. The van der Waals surface area contributed by atoms with Crippen LogP contribution >= 0.6 is 0 Å². The summed E-state index contributed by atoms with van der Waals surface area (Å²) in [5, 5.41) is 11.9. The lowest BCUT2D eigenvalue weighted by Gasteiger charge is -2.37. The molecule has 2 aliphatic heterocycles. The molecular formula is C32H50N10O3. The number of hydrogen-bond donors (Lipinski definition) is 4. The minimum Gasteiger partial charge on any atom is -0.401 e. The lowest BCUT2D eigenvalue weighted by Crippen LogP contribution is -2.49. The van der Waals surface area contributed by atoms with Gasteiger partial charge in [-0.25, -0.2) is 4.98 Å². The number of allylic oxidation sites excluding steroid dienone is 3. The Morgan fingerprint density at radius 1 is 1.09 bits per heavy atom. The second kappa shape index (κ2) is 14.9. The van der Waals surface area contributed by atoms with Crippen molar-refractivity contribution in [3.05, 3.63) is 47.0 Å². The Morgan fingerprint density at radius 2 is 1.80 bits per heavy atom. The lowest BCUT2D eigenvalue weighted by atomic mass is 9.69. The van der Waals surface area contributed by atoms with Gasteiger partial charge in [-0.3, -0.25) is 19.9 Å². The normalized spacial score (nSPS) is 22.1. The van der Waals surface area contributed by atoms with Crippen LogP contribution in [-0.4, -0.2) is 110 Å². The number of rotatable bonds is 9. The predicted molar refractivity (Wildman–Crippen MR) is 177 cm³/mol. The van der Waals surface area contributed by atoms with Crippen LogP contribution in [0.5, 0.6) is 0 Å². The monoisotopic (exact) mass is 622 g/mol. The topological polar surface area (TPSA) is 170 Å². The number of anilines is 2. The molecule has 0 unspecified atom stereocenters. The highest BCUT2D eigenvalue weighted by molar-refractivity contribution is 6.08. The van der Waals surface area contributed by atoms with Crippen LogP contribution in [0.25, 0.3) is 0 Å². The van der Waals surface area contributed by atoms with Gasteiger partial charge in [0.15, 0.2) is 5.84 Å². The molecule has 1 aromatic heterocycles. The molecule has 1 aromatic rings. The summed E-state index contributed by atoms with van der Waals surface area (Å²) in [6, 6.07) is 1.75. The molecule has 13 heteroatoms. The SMILES string of the molecule is C=CC(=O)N1CCN(c2cc(C(=N)NC(=O)[C@@]3(C)CCCC(C)=C3/C(N)=C(\C)N)nc(N3CCCN(CCOC)CC3)n2)CC1. The highest BCUT2D eigenvalue weighted by atomic mass is 16.5. The minimum absolute atomic E-state index is 0.0917. The fourth-order valence-electron chi connectivity index (χ4n) is 6.45. The number of aromatic nitrogens is 2. The average molecular weight is 623 g/mol. The number of methoxy groups -OCH3 is 1. The van der Waals surface area contributed by atoms with Gasteiger partial charge in [-0.1, -0.05) is 12.2 Å². The van der Waals surface area contributed by atoms with Gasteiger partial charge in [-0.2, -0.15) is 4.98 Å². The smallest absolute Gasteiger partial charge is 0.246 e. The van der Waals surface area contributed by atoms with Gasteiger partial charge < -0.3 is 36.2 Å². The molecule has 0 bridgehead atoms. The highest BCUT2D eigenvalue weighted by Gasteiger charge is 2.42. The Bertz CT molecular complexity index is 1350. The van der Waals surface area contributed by atoms with Crippen molar-refractivity contribution in [2.75, 3.05) is 82.4 Å². The molecule has 13 nitrogen and oxygen atoms in total. The fraction of sp³-hybridized carbons (Fsp3) is 0.594. The van der Waals surface area contributed by atoms with Crippen LogP contribution < -0.4 is 26.6 Å². The molecule has 2 fully saturated rings. The Balaban J connectivity index is 1.62. The van der Waals surface area contributed by atoms with E-state index in [2.05, 4.69) is 26.6 Å². The van der Waals surface area contributed by atoms with Crippen molar-refractivity contribution in [2.24, 2.45) is 16.9 Å². The largest absolute Gasteiger partial charge is 0.401 e. The van der Waals surface area contributed by atoms with Crippen molar-refractivity contribution in [2.45, 2.75) is 46.5 Å². The number of nitrogens with zero attached hydrogens (tertiary/aromatic N) is 6. The van der Waals surface area contributed by atoms with Gasteiger partial charge in [0, 0.05) is 71.2 Å². The Morgan fingerprint density at radius 3 is 2.47 bits per heavy atom. The maximum absolute atomic E-state index is 13.9. The van der Waals surface area contributed by atoms with E-state index >= 15 is 0 Å². The number of piperazine rings is 1. The van der Waals surface area contributed by atoms with E-state index in [1.165, 1.54) is 6.08 Å². The number of nitrogens with two attached hydrogens (primary N) is 2. The number of ether oxygens (including phenoxy) is 1. The first-order valence-electron chi connectivity index (χ1n) is 15.8. The second-order valence-corrected chi connectivity index (χ2v) is 12.4. The quantitative estimate of drug-likeness (QED) is 0.180. The first-order chi connectivity index (χ1) is 21.5. The summed E-state index contributed by atoms with van der Waals surface area (Å²) in [4.78, 5) is 44.2.